The van der Waals surface area contributed by atoms with Crippen LogP contribution in [0.15, 0.2) is 18.3 Å². The number of aliphatic carboxylic acids is 1. The highest BCUT2D eigenvalue weighted by molar-refractivity contribution is 5.76. The summed E-state index contributed by atoms with van der Waals surface area (Å²) in [4.78, 5) is 17.6. The molecule has 1 aliphatic rings. The normalized spacial score (nSPS) is 22.2. The van der Waals surface area contributed by atoms with Crippen molar-refractivity contribution in [2.24, 2.45) is 5.41 Å². The molecule has 5 nitrogen and oxygen atoms in total. The zero-order valence-electron chi connectivity index (χ0n) is 11.0. The van der Waals surface area contributed by atoms with E-state index in [1.54, 1.807) is 12.3 Å². The van der Waals surface area contributed by atoms with Gasteiger partial charge in [-0.05, 0) is 25.0 Å². The number of anilines is 1. The van der Waals surface area contributed by atoms with Gasteiger partial charge < -0.3 is 10.0 Å². The molecule has 0 bridgehead atoms. The van der Waals surface area contributed by atoms with Crippen molar-refractivity contribution in [2.45, 2.75) is 26.2 Å². The smallest absolute Gasteiger partial charge is 0.311 e. The van der Waals surface area contributed by atoms with Gasteiger partial charge in [-0.2, -0.15) is 5.26 Å². The van der Waals surface area contributed by atoms with E-state index >= 15 is 0 Å². The zero-order valence-corrected chi connectivity index (χ0v) is 11.0. The average molecular weight is 259 g/mol. The number of carboxylic acids is 1. The predicted octanol–water partition coefficient (Wildman–Crippen LogP) is 2.03. The standard InChI is InChI=1S/C14H17N3O2/c1-2-5-14(13(18)19)6-7-17(10-14)12-4-3-11(8-15)16-9-12/h3-4,9H,2,5-7,10H2,1H3,(H,18,19). The molecule has 1 unspecified atom stereocenters. The van der Waals surface area contributed by atoms with Crippen molar-refractivity contribution in [2.75, 3.05) is 18.0 Å². The van der Waals surface area contributed by atoms with Gasteiger partial charge in [-0.25, -0.2) is 4.98 Å². The Balaban J connectivity index is 2.16. The molecule has 5 heteroatoms. The molecule has 0 radical (unpaired) electrons. The second-order valence-corrected chi connectivity index (χ2v) is 5.02. The molecule has 0 aliphatic carbocycles. The molecule has 2 rings (SSSR count). The minimum atomic E-state index is -0.710. The Morgan fingerprint density at radius 1 is 1.63 bits per heavy atom. The van der Waals surface area contributed by atoms with Gasteiger partial charge >= 0.3 is 5.97 Å². The van der Waals surface area contributed by atoms with Crippen LogP contribution in [0.1, 0.15) is 31.9 Å². The van der Waals surface area contributed by atoms with Crippen LogP contribution >= 0.6 is 0 Å². The predicted molar refractivity (Wildman–Crippen MR) is 70.8 cm³/mol. The SMILES string of the molecule is CCCC1(C(=O)O)CCN(c2ccc(C#N)nc2)C1. The van der Waals surface area contributed by atoms with E-state index in [1.807, 2.05) is 24.0 Å². The lowest BCUT2D eigenvalue weighted by Gasteiger charge is -2.25. The molecule has 1 aliphatic heterocycles. The third-order valence-electron chi connectivity index (χ3n) is 3.76. The fraction of sp³-hybridized carbons (Fsp3) is 0.500. The maximum atomic E-state index is 11.5. The Bertz CT molecular complexity index is 506. The van der Waals surface area contributed by atoms with Crippen molar-refractivity contribution < 1.29 is 9.90 Å². The summed E-state index contributed by atoms with van der Waals surface area (Å²) >= 11 is 0. The molecule has 19 heavy (non-hydrogen) atoms. The fourth-order valence-electron chi connectivity index (χ4n) is 2.70. The van der Waals surface area contributed by atoms with Crippen LogP contribution in [-0.2, 0) is 4.79 Å². The van der Waals surface area contributed by atoms with Crippen LogP contribution in [0.4, 0.5) is 5.69 Å². The minimum Gasteiger partial charge on any atom is -0.481 e. The van der Waals surface area contributed by atoms with Gasteiger partial charge in [-0.3, -0.25) is 4.79 Å². The zero-order chi connectivity index (χ0) is 13.9. The van der Waals surface area contributed by atoms with E-state index in [9.17, 15) is 9.90 Å². The summed E-state index contributed by atoms with van der Waals surface area (Å²) in [5.74, 6) is -0.710. The second kappa shape index (κ2) is 5.27. The summed E-state index contributed by atoms with van der Waals surface area (Å²) in [7, 11) is 0. The Morgan fingerprint density at radius 2 is 2.42 bits per heavy atom. The molecule has 100 valence electrons. The number of pyridine rings is 1. The first-order valence-corrected chi connectivity index (χ1v) is 6.46. The summed E-state index contributed by atoms with van der Waals surface area (Å²) < 4.78 is 0. The van der Waals surface area contributed by atoms with Gasteiger partial charge in [-0.15, -0.1) is 0 Å². The van der Waals surface area contributed by atoms with Crippen molar-refractivity contribution in [3.63, 3.8) is 0 Å². The van der Waals surface area contributed by atoms with Crippen molar-refractivity contribution in [3.8, 4) is 6.07 Å². The monoisotopic (exact) mass is 259 g/mol. The van der Waals surface area contributed by atoms with Crippen molar-refractivity contribution in [1.82, 2.24) is 4.98 Å². The van der Waals surface area contributed by atoms with Crippen LogP contribution < -0.4 is 4.90 Å². The summed E-state index contributed by atoms with van der Waals surface area (Å²) in [5, 5.41) is 18.2. The largest absolute Gasteiger partial charge is 0.481 e. The lowest BCUT2D eigenvalue weighted by atomic mass is 9.83. The van der Waals surface area contributed by atoms with Crippen molar-refractivity contribution in [3.05, 3.63) is 24.0 Å². The molecule has 1 aromatic heterocycles. The lowest BCUT2D eigenvalue weighted by molar-refractivity contribution is -0.148. The topological polar surface area (TPSA) is 77.2 Å². The number of hydrogen-bond acceptors (Lipinski definition) is 4. The second-order valence-electron chi connectivity index (χ2n) is 5.02. The fourth-order valence-corrected chi connectivity index (χ4v) is 2.70. The molecule has 0 aromatic carbocycles. The highest BCUT2D eigenvalue weighted by atomic mass is 16.4. The molecule has 2 heterocycles. The van der Waals surface area contributed by atoms with E-state index in [2.05, 4.69) is 4.98 Å². The van der Waals surface area contributed by atoms with Gasteiger partial charge in [0.1, 0.15) is 11.8 Å². The first-order chi connectivity index (χ1) is 9.11. The van der Waals surface area contributed by atoms with Gasteiger partial charge in [-0.1, -0.05) is 13.3 Å². The Hall–Kier alpha value is -2.09. The molecule has 1 N–H and O–H groups in total. The number of rotatable bonds is 4. The van der Waals surface area contributed by atoms with Gasteiger partial charge in [0.25, 0.3) is 0 Å². The van der Waals surface area contributed by atoms with Crippen LogP contribution in [0.3, 0.4) is 0 Å². The van der Waals surface area contributed by atoms with Crippen LogP contribution in [0, 0.1) is 16.7 Å². The average Bonchev–Trinajstić information content (AvgIpc) is 2.85. The quantitative estimate of drug-likeness (QED) is 0.895. The summed E-state index contributed by atoms with van der Waals surface area (Å²) in [6.07, 6.45) is 3.87. The highest BCUT2D eigenvalue weighted by Gasteiger charge is 2.44. The number of aromatic nitrogens is 1. The van der Waals surface area contributed by atoms with Crippen LogP contribution in [0.2, 0.25) is 0 Å². The van der Waals surface area contributed by atoms with E-state index in [0.29, 0.717) is 25.1 Å². The Morgan fingerprint density at radius 3 is 2.95 bits per heavy atom. The Labute approximate surface area is 112 Å². The molecular weight excluding hydrogens is 242 g/mol. The van der Waals surface area contributed by atoms with Gasteiger partial charge in [0.05, 0.1) is 17.3 Å². The maximum Gasteiger partial charge on any atom is 0.311 e. The van der Waals surface area contributed by atoms with Gasteiger partial charge in [0.2, 0.25) is 0 Å². The summed E-state index contributed by atoms with van der Waals surface area (Å²) in [6, 6.07) is 5.47. The van der Waals surface area contributed by atoms with E-state index in [4.69, 9.17) is 5.26 Å². The number of nitriles is 1. The van der Waals surface area contributed by atoms with E-state index in [-0.39, 0.29) is 0 Å². The van der Waals surface area contributed by atoms with E-state index in [1.165, 1.54) is 0 Å². The maximum absolute atomic E-state index is 11.5. The van der Waals surface area contributed by atoms with Crippen LogP contribution in [0.5, 0.6) is 0 Å². The molecular formula is C14H17N3O2. The number of carbonyl (C=O) groups is 1. The van der Waals surface area contributed by atoms with Gasteiger partial charge in [0, 0.05) is 13.1 Å². The molecule has 1 aromatic rings. The third kappa shape index (κ3) is 2.53. The van der Waals surface area contributed by atoms with Crippen molar-refractivity contribution >= 4 is 11.7 Å². The molecule has 0 amide bonds. The number of hydrogen-bond donors (Lipinski definition) is 1. The molecule has 1 fully saturated rings. The third-order valence-corrected chi connectivity index (χ3v) is 3.76. The first-order valence-electron chi connectivity index (χ1n) is 6.46. The van der Waals surface area contributed by atoms with Crippen molar-refractivity contribution in [1.29, 1.82) is 5.26 Å². The Kier molecular flexibility index (Phi) is 3.70. The summed E-state index contributed by atoms with van der Waals surface area (Å²) in [5.41, 5.74) is 0.627. The number of nitrogens with zero attached hydrogens (tertiary/aromatic N) is 3. The van der Waals surface area contributed by atoms with Crippen LogP contribution in [-0.4, -0.2) is 29.1 Å². The lowest BCUT2D eigenvalue weighted by Crippen LogP contribution is -2.34. The van der Waals surface area contributed by atoms with Crippen LogP contribution in [0.25, 0.3) is 0 Å². The molecule has 1 saturated heterocycles. The molecule has 0 saturated carbocycles. The molecule has 1 atom stereocenters. The first kappa shape index (κ1) is 13.3. The van der Waals surface area contributed by atoms with E-state index < -0.39 is 11.4 Å². The molecule has 0 spiro atoms. The summed E-state index contributed by atoms with van der Waals surface area (Å²) in [6.45, 7) is 3.25. The number of carboxylic acid groups (broad SMARTS) is 1. The highest BCUT2D eigenvalue weighted by Crippen LogP contribution is 2.37. The van der Waals surface area contributed by atoms with E-state index in [0.717, 1.165) is 18.7 Å². The minimum absolute atomic E-state index is 0.376. The van der Waals surface area contributed by atoms with Gasteiger partial charge in [0.15, 0.2) is 0 Å².